The Morgan fingerprint density at radius 2 is 0.839 bits per heavy atom. The van der Waals surface area contributed by atoms with Gasteiger partial charge < -0.3 is 25.2 Å². The molecule has 0 saturated carbocycles. The van der Waals surface area contributed by atoms with Crippen molar-refractivity contribution in [2.75, 3.05) is 26.4 Å². The molecule has 0 amide bonds. The van der Waals surface area contributed by atoms with Crippen LogP contribution in [0.15, 0.2) is 12.2 Å². The normalized spacial score (nSPS) is 13.7. The van der Waals surface area contributed by atoms with Gasteiger partial charge in [-0.3, -0.25) is 18.6 Å². The summed E-state index contributed by atoms with van der Waals surface area (Å²) in [5.74, 6) is -1.77. The molecule has 0 bridgehead atoms. The number of carbonyl (C=O) groups is 2. The van der Waals surface area contributed by atoms with Crippen LogP contribution >= 0.6 is 7.82 Å². The summed E-state index contributed by atoms with van der Waals surface area (Å²) in [6, 6.07) is -1.47. The van der Waals surface area contributed by atoms with Crippen molar-refractivity contribution >= 4 is 19.8 Å². The maximum atomic E-state index is 12.7. The molecule has 0 aromatic heterocycles. The van der Waals surface area contributed by atoms with Crippen LogP contribution in [0.2, 0.25) is 0 Å². The van der Waals surface area contributed by atoms with E-state index in [1.807, 2.05) is 0 Å². The molecule has 0 spiro atoms. The molecule has 62 heavy (non-hydrogen) atoms. The Balaban J connectivity index is 4.08. The van der Waals surface area contributed by atoms with E-state index in [1.54, 1.807) is 0 Å². The van der Waals surface area contributed by atoms with Crippen LogP contribution in [0.1, 0.15) is 264 Å². The number of phosphoric ester groups is 1. The first kappa shape index (κ1) is 60.7. The van der Waals surface area contributed by atoms with Crippen molar-refractivity contribution < 1.29 is 42.7 Å². The average Bonchev–Trinajstić information content (AvgIpc) is 3.25. The minimum absolute atomic E-state index is 0.0218. The molecule has 4 N–H and O–H groups in total. The Kier molecular flexibility index (Phi) is 46.7. The lowest BCUT2D eigenvalue weighted by molar-refractivity contribution is -0.154. The maximum absolute atomic E-state index is 12.7. The number of carboxylic acids is 1. The van der Waals surface area contributed by atoms with E-state index >= 15 is 0 Å². The summed E-state index contributed by atoms with van der Waals surface area (Å²) < 4.78 is 33.5. The highest BCUT2D eigenvalue weighted by atomic mass is 31.2. The largest absolute Gasteiger partial charge is 0.480 e. The Bertz CT molecular complexity index is 1040. The van der Waals surface area contributed by atoms with Gasteiger partial charge in [-0.1, -0.05) is 231 Å². The van der Waals surface area contributed by atoms with Crippen LogP contribution in [0.5, 0.6) is 0 Å². The topological polar surface area (TPSA) is 155 Å². The summed E-state index contributed by atoms with van der Waals surface area (Å²) in [6.45, 7) is 3.94. The molecule has 10 nitrogen and oxygen atoms in total. The molecule has 0 fully saturated rings. The van der Waals surface area contributed by atoms with Gasteiger partial charge in [0, 0.05) is 13.0 Å². The van der Waals surface area contributed by atoms with Crippen LogP contribution in [0, 0.1) is 0 Å². The Labute approximate surface area is 382 Å². The molecular weight excluding hydrogens is 802 g/mol. The van der Waals surface area contributed by atoms with Crippen molar-refractivity contribution in [3.05, 3.63) is 12.2 Å². The van der Waals surface area contributed by atoms with Gasteiger partial charge in [0.15, 0.2) is 0 Å². The van der Waals surface area contributed by atoms with Crippen molar-refractivity contribution in [1.82, 2.24) is 0 Å². The van der Waals surface area contributed by atoms with E-state index in [9.17, 15) is 19.0 Å². The molecule has 0 rings (SSSR count). The van der Waals surface area contributed by atoms with Gasteiger partial charge in [-0.2, -0.15) is 0 Å². The molecule has 0 heterocycles. The Morgan fingerprint density at radius 1 is 0.500 bits per heavy atom. The summed E-state index contributed by atoms with van der Waals surface area (Å²) in [6.07, 6.45) is 52.7. The Morgan fingerprint density at radius 3 is 1.23 bits per heavy atom. The van der Waals surface area contributed by atoms with Crippen molar-refractivity contribution in [1.29, 1.82) is 0 Å². The molecule has 0 saturated heterocycles. The molecule has 0 aliphatic rings. The van der Waals surface area contributed by atoms with Gasteiger partial charge in [0.2, 0.25) is 0 Å². The van der Waals surface area contributed by atoms with Gasteiger partial charge in [0.1, 0.15) is 12.1 Å². The minimum atomic E-state index is -4.62. The molecule has 0 aromatic rings. The predicted molar refractivity (Wildman–Crippen MR) is 259 cm³/mol. The molecule has 368 valence electrons. The third-order valence-electron chi connectivity index (χ3n) is 11.8. The van der Waals surface area contributed by atoms with E-state index in [1.165, 1.54) is 193 Å². The summed E-state index contributed by atoms with van der Waals surface area (Å²) in [5, 5.41) is 8.93. The number of allylic oxidation sites excluding steroid dienone is 2. The van der Waals surface area contributed by atoms with E-state index in [2.05, 4.69) is 26.0 Å². The summed E-state index contributed by atoms with van der Waals surface area (Å²) >= 11 is 0. The first-order valence-electron chi connectivity index (χ1n) is 26.2. The second-order valence-electron chi connectivity index (χ2n) is 18.0. The first-order chi connectivity index (χ1) is 30.2. The van der Waals surface area contributed by atoms with Crippen molar-refractivity contribution in [2.24, 2.45) is 5.73 Å². The first-order valence-corrected chi connectivity index (χ1v) is 27.7. The lowest BCUT2D eigenvalue weighted by Crippen LogP contribution is -2.34. The van der Waals surface area contributed by atoms with Gasteiger partial charge in [-0.15, -0.1) is 0 Å². The fraction of sp³-hybridized carbons (Fsp3) is 0.922. The van der Waals surface area contributed by atoms with Gasteiger partial charge in [-0.05, 0) is 38.5 Å². The van der Waals surface area contributed by atoms with E-state index < -0.39 is 45.1 Å². The van der Waals surface area contributed by atoms with Crippen LogP contribution < -0.4 is 5.73 Å². The molecule has 11 heteroatoms. The third-order valence-corrected chi connectivity index (χ3v) is 12.7. The molecule has 3 atom stereocenters. The van der Waals surface area contributed by atoms with Crippen molar-refractivity contribution in [2.45, 2.75) is 276 Å². The second kappa shape index (κ2) is 47.7. The number of aliphatic carboxylic acids is 1. The molecule has 3 unspecified atom stereocenters. The van der Waals surface area contributed by atoms with Crippen LogP contribution in [-0.2, 0) is 32.7 Å². The smallest absolute Gasteiger partial charge is 0.472 e. The third kappa shape index (κ3) is 46.7. The van der Waals surface area contributed by atoms with E-state index in [0.29, 0.717) is 13.0 Å². The highest BCUT2D eigenvalue weighted by Gasteiger charge is 2.27. The lowest BCUT2D eigenvalue weighted by Gasteiger charge is -2.20. The molecule has 0 aliphatic heterocycles. The summed E-state index contributed by atoms with van der Waals surface area (Å²) in [7, 11) is -4.62. The fourth-order valence-corrected chi connectivity index (χ4v) is 8.50. The van der Waals surface area contributed by atoms with E-state index in [-0.39, 0.29) is 13.0 Å². The second-order valence-corrected chi connectivity index (χ2v) is 19.5. The Hall–Kier alpha value is -1.29. The van der Waals surface area contributed by atoms with Crippen LogP contribution in [-0.4, -0.2) is 60.5 Å². The van der Waals surface area contributed by atoms with E-state index in [0.717, 1.165) is 44.9 Å². The highest BCUT2D eigenvalue weighted by molar-refractivity contribution is 7.47. The molecule has 0 aliphatic carbocycles. The van der Waals surface area contributed by atoms with E-state index in [4.69, 9.17) is 29.4 Å². The number of rotatable bonds is 51. The number of carbonyl (C=O) groups excluding carboxylic acids is 1. The van der Waals surface area contributed by atoms with Crippen LogP contribution in [0.3, 0.4) is 0 Å². The average molecular weight is 902 g/mol. The number of unbranched alkanes of at least 4 members (excludes halogenated alkanes) is 35. The lowest BCUT2D eigenvalue weighted by atomic mass is 10.0. The number of hydrogen-bond acceptors (Lipinski definition) is 8. The fourth-order valence-electron chi connectivity index (χ4n) is 7.72. The van der Waals surface area contributed by atoms with Crippen LogP contribution in [0.25, 0.3) is 0 Å². The minimum Gasteiger partial charge on any atom is -0.480 e. The summed E-state index contributed by atoms with van der Waals surface area (Å²) in [5.41, 5.74) is 5.38. The quantitative estimate of drug-likeness (QED) is 0.0233. The molecular formula is C51H100NO9P. The zero-order chi connectivity index (χ0) is 45.5. The van der Waals surface area contributed by atoms with Gasteiger partial charge >= 0.3 is 19.8 Å². The zero-order valence-corrected chi connectivity index (χ0v) is 41.4. The number of hydrogen-bond donors (Lipinski definition) is 3. The highest BCUT2D eigenvalue weighted by Crippen LogP contribution is 2.43. The van der Waals surface area contributed by atoms with Crippen LogP contribution in [0.4, 0.5) is 0 Å². The standard InChI is InChI=1S/C51H100NO9P/c1-3-5-7-9-11-13-15-17-19-21-23-24-25-26-28-30-32-34-36-38-40-42-44-58-45-48(46-59-62(56,57)60-47-49(52)51(54)55)61-50(53)43-41-39-37-35-33-31-29-27-22-20-18-16-14-12-10-8-6-4-2/h20,22,48-49H,3-19,21,23-47,52H2,1-2H3,(H,54,55)(H,56,57)/b22-20-. The summed E-state index contributed by atoms with van der Waals surface area (Å²) in [4.78, 5) is 33.7. The number of esters is 1. The van der Waals surface area contributed by atoms with Crippen molar-refractivity contribution in [3.8, 4) is 0 Å². The van der Waals surface area contributed by atoms with Gasteiger partial charge in [0.05, 0.1) is 19.8 Å². The monoisotopic (exact) mass is 902 g/mol. The number of phosphoric acid groups is 1. The SMILES string of the molecule is CCCCCCCCC/C=C\CCCCCCCCCC(=O)OC(COCCCCCCCCCCCCCCCCCCCCCCCC)COP(=O)(O)OCC(N)C(=O)O. The predicted octanol–water partition coefficient (Wildman–Crippen LogP) is 15.3. The molecule has 0 aromatic carbocycles. The van der Waals surface area contributed by atoms with Gasteiger partial charge in [0.25, 0.3) is 0 Å². The van der Waals surface area contributed by atoms with Crippen molar-refractivity contribution in [3.63, 3.8) is 0 Å². The maximum Gasteiger partial charge on any atom is 0.472 e. The number of nitrogens with two attached hydrogens (primary N) is 1. The number of ether oxygens (including phenoxy) is 2. The zero-order valence-electron chi connectivity index (χ0n) is 40.5. The number of carboxylic acid groups (broad SMARTS) is 1. The van der Waals surface area contributed by atoms with Gasteiger partial charge in [-0.25, -0.2) is 4.57 Å². The molecule has 0 radical (unpaired) electrons.